The van der Waals surface area contributed by atoms with Gasteiger partial charge in [0.2, 0.25) is 0 Å². The maximum Gasteiger partial charge on any atom is 0.331 e. The second-order valence-electron chi connectivity index (χ2n) is 5.38. The highest BCUT2D eigenvalue weighted by Gasteiger charge is 2.54. The number of halogens is 1. The largest absolute Gasteiger partial charge is 0.467 e. The standard InChI is InChI=1S/C14H17BrN2O3/c1-19-13(18)8-20-14(5-9-4-12(14)17-6-9)10-2-3-16-7-11(10)15/h2-3,7,9,12,17H,4-6,8H2,1H3. The van der Waals surface area contributed by atoms with Gasteiger partial charge in [-0.25, -0.2) is 4.79 Å². The summed E-state index contributed by atoms with van der Waals surface area (Å²) in [5.74, 6) is 0.245. The molecule has 20 heavy (non-hydrogen) atoms. The van der Waals surface area contributed by atoms with Crippen molar-refractivity contribution in [3.63, 3.8) is 0 Å². The highest BCUT2D eigenvalue weighted by Crippen LogP contribution is 2.50. The Balaban J connectivity index is 1.92. The smallest absolute Gasteiger partial charge is 0.331 e. The molecule has 1 aromatic rings. The van der Waals surface area contributed by atoms with E-state index in [0.717, 1.165) is 29.4 Å². The van der Waals surface area contributed by atoms with Gasteiger partial charge in [0, 0.05) is 28.5 Å². The van der Waals surface area contributed by atoms with Gasteiger partial charge in [-0.2, -0.15) is 0 Å². The molecule has 3 unspecified atom stereocenters. The fourth-order valence-corrected chi connectivity index (χ4v) is 3.98. The van der Waals surface area contributed by atoms with Gasteiger partial charge in [0.25, 0.3) is 0 Å². The molecule has 3 atom stereocenters. The van der Waals surface area contributed by atoms with Crippen molar-refractivity contribution in [3.05, 3.63) is 28.5 Å². The number of hydrogen-bond acceptors (Lipinski definition) is 5. The van der Waals surface area contributed by atoms with Crippen molar-refractivity contribution >= 4 is 21.9 Å². The quantitative estimate of drug-likeness (QED) is 0.844. The molecule has 1 N–H and O–H groups in total. The van der Waals surface area contributed by atoms with E-state index in [-0.39, 0.29) is 18.6 Å². The van der Waals surface area contributed by atoms with Crippen molar-refractivity contribution in [2.45, 2.75) is 24.5 Å². The van der Waals surface area contributed by atoms with Crippen LogP contribution in [0, 0.1) is 5.92 Å². The summed E-state index contributed by atoms with van der Waals surface area (Å²) in [5.41, 5.74) is 0.579. The molecule has 1 saturated heterocycles. The Morgan fingerprint density at radius 1 is 1.65 bits per heavy atom. The zero-order chi connectivity index (χ0) is 14.2. The summed E-state index contributed by atoms with van der Waals surface area (Å²) >= 11 is 3.55. The van der Waals surface area contributed by atoms with Gasteiger partial charge in [-0.1, -0.05) is 0 Å². The van der Waals surface area contributed by atoms with Gasteiger partial charge in [0.15, 0.2) is 0 Å². The van der Waals surface area contributed by atoms with E-state index in [4.69, 9.17) is 9.47 Å². The van der Waals surface area contributed by atoms with E-state index in [1.54, 1.807) is 12.4 Å². The molecule has 1 saturated carbocycles. The van der Waals surface area contributed by atoms with Crippen molar-refractivity contribution in [1.29, 1.82) is 0 Å². The predicted molar refractivity (Wildman–Crippen MR) is 76.1 cm³/mol. The van der Waals surface area contributed by atoms with Crippen molar-refractivity contribution < 1.29 is 14.3 Å². The third kappa shape index (κ3) is 2.25. The number of aromatic nitrogens is 1. The highest BCUT2D eigenvalue weighted by molar-refractivity contribution is 9.10. The summed E-state index contributed by atoms with van der Waals surface area (Å²) in [6.45, 7) is 0.993. The van der Waals surface area contributed by atoms with Crippen molar-refractivity contribution in [3.8, 4) is 0 Å². The van der Waals surface area contributed by atoms with Gasteiger partial charge in [-0.05, 0) is 47.3 Å². The number of piperidine rings is 1. The highest BCUT2D eigenvalue weighted by atomic mass is 79.9. The van der Waals surface area contributed by atoms with Gasteiger partial charge in [-0.15, -0.1) is 0 Å². The summed E-state index contributed by atoms with van der Waals surface area (Å²) in [4.78, 5) is 15.5. The monoisotopic (exact) mass is 340 g/mol. The topological polar surface area (TPSA) is 60.5 Å². The first-order valence-electron chi connectivity index (χ1n) is 6.70. The van der Waals surface area contributed by atoms with Crippen molar-refractivity contribution in [2.75, 3.05) is 20.3 Å². The van der Waals surface area contributed by atoms with Crippen LogP contribution < -0.4 is 5.32 Å². The van der Waals surface area contributed by atoms with Gasteiger partial charge in [-0.3, -0.25) is 4.98 Å². The zero-order valence-electron chi connectivity index (χ0n) is 11.3. The Hall–Kier alpha value is -0.980. The summed E-state index contributed by atoms with van der Waals surface area (Å²) in [7, 11) is 1.37. The fourth-order valence-electron chi connectivity index (χ4n) is 3.39. The molecule has 2 bridgehead atoms. The number of methoxy groups -OCH3 is 1. The van der Waals surface area contributed by atoms with E-state index in [1.165, 1.54) is 7.11 Å². The lowest BCUT2D eigenvalue weighted by Crippen LogP contribution is -2.49. The number of pyridine rings is 1. The molecule has 2 aliphatic rings. The normalized spacial score (nSPS) is 31.5. The average molecular weight is 341 g/mol. The summed E-state index contributed by atoms with van der Waals surface area (Å²) in [5, 5.41) is 3.50. The summed E-state index contributed by atoms with van der Waals surface area (Å²) < 4.78 is 11.7. The maximum atomic E-state index is 11.4. The number of carbonyl (C=O) groups is 1. The molecule has 0 amide bonds. The SMILES string of the molecule is COC(=O)COC1(c2ccncc2Br)CC2CNC1C2. The zero-order valence-corrected chi connectivity index (χ0v) is 12.9. The number of nitrogens with zero attached hydrogens (tertiary/aromatic N) is 1. The van der Waals surface area contributed by atoms with Gasteiger partial charge in [0.1, 0.15) is 12.2 Å². The van der Waals surface area contributed by atoms with E-state index in [1.807, 2.05) is 6.07 Å². The van der Waals surface area contributed by atoms with Crippen LogP contribution in [0.3, 0.4) is 0 Å². The van der Waals surface area contributed by atoms with Gasteiger partial charge in [0.05, 0.1) is 7.11 Å². The van der Waals surface area contributed by atoms with Crippen LogP contribution in [0.4, 0.5) is 0 Å². The molecular formula is C14H17BrN2O3. The number of nitrogens with one attached hydrogen (secondary N) is 1. The molecule has 1 aliphatic heterocycles. The maximum absolute atomic E-state index is 11.4. The van der Waals surface area contributed by atoms with E-state index in [9.17, 15) is 4.79 Å². The van der Waals surface area contributed by atoms with Crippen LogP contribution in [0.15, 0.2) is 22.9 Å². The minimum Gasteiger partial charge on any atom is -0.467 e. The van der Waals surface area contributed by atoms with E-state index in [2.05, 4.69) is 26.2 Å². The Kier molecular flexibility index (Phi) is 3.79. The second-order valence-corrected chi connectivity index (χ2v) is 6.23. The lowest BCUT2D eigenvalue weighted by Gasteiger charge is -2.38. The van der Waals surface area contributed by atoms with Crippen LogP contribution in [-0.4, -0.2) is 37.3 Å². The van der Waals surface area contributed by atoms with Crippen molar-refractivity contribution in [1.82, 2.24) is 10.3 Å². The van der Waals surface area contributed by atoms with Crippen LogP contribution in [0.1, 0.15) is 18.4 Å². The Morgan fingerprint density at radius 2 is 2.50 bits per heavy atom. The first-order valence-corrected chi connectivity index (χ1v) is 7.49. The Labute approximate surface area is 126 Å². The molecule has 1 aromatic heterocycles. The molecule has 108 valence electrons. The minimum atomic E-state index is -0.473. The third-order valence-electron chi connectivity index (χ3n) is 4.28. The number of hydrogen-bond donors (Lipinski definition) is 1. The van der Waals surface area contributed by atoms with Crippen LogP contribution in [0.5, 0.6) is 0 Å². The average Bonchev–Trinajstić information content (AvgIpc) is 3.06. The van der Waals surface area contributed by atoms with Crippen LogP contribution in [-0.2, 0) is 19.9 Å². The van der Waals surface area contributed by atoms with Crippen LogP contribution in [0.25, 0.3) is 0 Å². The summed E-state index contributed by atoms with van der Waals surface area (Å²) in [6.07, 6.45) is 5.53. The molecular weight excluding hydrogens is 324 g/mol. The number of fused-ring (bicyclic) bond motifs is 2. The Morgan fingerprint density at radius 3 is 3.10 bits per heavy atom. The summed E-state index contributed by atoms with van der Waals surface area (Å²) in [6, 6.07) is 2.19. The van der Waals surface area contributed by atoms with E-state index >= 15 is 0 Å². The number of carbonyl (C=O) groups excluding carboxylic acids is 1. The van der Waals surface area contributed by atoms with Gasteiger partial charge >= 0.3 is 5.97 Å². The third-order valence-corrected chi connectivity index (χ3v) is 4.91. The number of rotatable bonds is 4. The molecule has 3 rings (SSSR count). The minimum absolute atomic E-state index is 0.0316. The molecule has 0 spiro atoms. The Bertz CT molecular complexity index is 525. The molecule has 1 aliphatic carbocycles. The molecule has 0 aromatic carbocycles. The van der Waals surface area contributed by atoms with Gasteiger partial charge < -0.3 is 14.8 Å². The molecule has 2 fully saturated rings. The first-order chi connectivity index (χ1) is 9.65. The number of ether oxygens (including phenoxy) is 2. The molecule has 6 heteroatoms. The lowest BCUT2D eigenvalue weighted by atomic mass is 9.86. The van der Waals surface area contributed by atoms with Crippen LogP contribution in [0.2, 0.25) is 0 Å². The first kappa shape index (κ1) is 14.0. The van der Waals surface area contributed by atoms with Crippen molar-refractivity contribution in [2.24, 2.45) is 5.92 Å². The fraction of sp³-hybridized carbons (Fsp3) is 0.571. The number of esters is 1. The van der Waals surface area contributed by atoms with E-state index < -0.39 is 5.60 Å². The lowest BCUT2D eigenvalue weighted by molar-refractivity contribution is -0.156. The molecule has 2 heterocycles. The predicted octanol–water partition coefficient (Wildman–Crippen LogP) is 1.61. The second kappa shape index (κ2) is 5.42. The van der Waals surface area contributed by atoms with Crippen LogP contribution >= 0.6 is 15.9 Å². The molecule has 0 radical (unpaired) electrons. The molecule has 5 nitrogen and oxygen atoms in total. The van der Waals surface area contributed by atoms with E-state index in [0.29, 0.717) is 5.92 Å².